The van der Waals surface area contributed by atoms with E-state index in [2.05, 4.69) is 13.5 Å². The van der Waals surface area contributed by atoms with Crippen LogP contribution in [0.3, 0.4) is 0 Å². The van der Waals surface area contributed by atoms with E-state index in [0.29, 0.717) is 5.03 Å². The number of aliphatic carboxylic acids is 1. The number of hydrogen-bond donors (Lipinski definition) is 1. The summed E-state index contributed by atoms with van der Waals surface area (Å²) in [7, 11) is 0. The van der Waals surface area contributed by atoms with Crippen molar-refractivity contribution in [2.75, 3.05) is 0 Å². The quantitative estimate of drug-likeness (QED) is 0.549. The van der Waals surface area contributed by atoms with Crippen LogP contribution in [0.4, 0.5) is 13.2 Å². The fourth-order valence-corrected chi connectivity index (χ4v) is 0. The maximum absolute atomic E-state index is 10.6. The number of alkyl halides is 3. The summed E-state index contributed by atoms with van der Waals surface area (Å²) in [5, 5.41) is 7.51. The van der Waals surface area contributed by atoms with E-state index in [9.17, 15) is 13.2 Å². The molecule has 0 bridgehead atoms. The Kier molecular flexibility index (Phi) is 11.1. The molecule has 0 aromatic rings. The van der Waals surface area contributed by atoms with Crippen LogP contribution < -0.4 is 0 Å². The molecule has 0 spiro atoms. The number of carbonyl (C=O) groups is 1. The Bertz CT molecular complexity index is 153. The maximum atomic E-state index is 10.6. The number of halogens is 4. The molecule has 0 radical (unpaired) electrons. The Labute approximate surface area is 86.1 Å². The van der Waals surface area contributed by atoms with Gasteiger partial charge < -0.3 is 5.11 Å². The summed E-state index contributed by atoms with van der Waals surface area (Å²) in [6.45, 7) is 6.42. The second-order valence-corrected chi connectivity index (χ2v) is 1.85. The van der Waals surface area contributed by atoms with Gasteiger partial charge in [0.25, 0.3) is 0 Å². The topological polar surface area (TPSA) is 37.3 Å². The van der Waals surface area contributed by atoms with Crippen molar-refractivity contribution in [3.63, 3.8) is 0 Å². The fraction of sp³-hybridized carbons (Fsp3) is 0.200. The molecule has 0 aliphatic heterocycles. The minimum absolute atomic E-state index is 0. The molecule has 0 aromatic carbocycles. The molecule has 0 heterocycles. The van der Waals surface area contributed by atoms with E-state index in [1.807, 2.05) is 0 Å². The molecule has 0 aliphatic rings. The Morgan fingerprint density at radius 2 is 1.58 bits per heavy atom. The molecule has 0 unspecified atom stereocenters. The third kappa shape index (κ3) is 22.6. The molecule has 0 amide bonds. The van der Waals surface area contributed by atoms with E-state index in [1.165, 1.54) is 0 Å². The average molecular weight is 296 g/mol. The molecule has 1 N–H and O–H groups in total. The molecule has 2 nitrogen and oxygen atoms in total. The first-order chi connectivity index (χ1) is 4.68. The van der Waals surface area contributed by atoms with Gasteiger partial charge in [-0.1, -0.05) is 0 Å². The molecule has 0 saturated heterocycles. The first-order valence-corrected chi connectivity index (χ1v) is 2.52. The van der Waals surface area contributed by atoms with Gasteiger partial charge in [-0.05, 0) is 0 Å². The minimum Gasteiger partial charge on any atom is -0.475 e. The van der Waals surface area contributed by atoms with Crippen molar-refractivity contribution in [1.82, 2.24) is 0 Å². The number of allylic oxidation sites excluding steroid dienone is 1. The van der Waals surface area contributed by atoms with Gasteiger partial charge in [-0.15, -0.1) is 16.6 Å². The number of rotatable bonds is 0. The number of carboxylic acids is 1. The summed E-state index contributed by atoms with van der Waals surface area (Å²) < 4.78 is 31.7. The predicted molar refractivity (Wildman–Crippen MR) is 34.0 cm³/mol. The van der Waals surface area contributed by atoms with Crippen molar-refractivity contribution < 1.29 is 43.5 Å². The standard InChI is InChI=1S/C3H4Cl.C2HF3O2.Pd/c1-3(2)4;3-2(4,5)1(6)7;/h1-2H2;(H,6,7);/q-1;;. The maximum Gasteiger partial charge on any atom is 0.490 e. The molecule has 0 atom stereocenters. The van der Waals surface area contributed by atoms with E-state index in [1.54, 1.807) is 0 Å². The zero-order valence-electron chi connectivity index (χ0n) is 5.60. The van der Waals surface area contributed by atoms with Gasteiger partial charge in [0.05, 0.1) is 0 Å². The summed E-state index contributed by atoms with van der Waals surface area (Å²) in [4.78, 5) is 8.90. The second-order valence-electron chi connectivity index (χ2n) is 1.32. The number of hydrogen-bond acceptors (Lipinski definition) is 1. The van der Waals surface area contributed by atoms with Gasteiger partial charge in [0, 0.05) is 20.4 Å². The monoisotopic (exact) mass is 295 g/mol. The van der Waals surface area contributed by atoms with Gasteiger partial charge in [-0.25, -0.2) is 18.3 Å². The molecule has 7 heteroatoms. The van der Waals surface area contributed by atoms with E-state index in [4.69, 9.17) is 21.5 Å². The van der Waals surface area contributed by atoms with Crippen molar-refractivity contribution in [3.8, 4) is 0 Å². The smallest absolute Gasteiger partial charge is 0.475 e. The van der Waals surface area contributed by atoms with Crippen LogP contribution in [0.1, 0.15) is 0 Å². The molecular formula is C5H5ClF3O2Pd-. The van der Waals surface area contributed by atoms with Crippen molar-refractivity contribution >= 4 is 17.6 Å². The molecule has 0 fully saturated rings. The van der Waals surface area contributed by atoms with Crippen LogP contribution in [0.25, 0.3) is 0 Å². The third-order valence-corrected chi connectivity index (χ3v) is 0.243. The summed E-state index contributed by atoms with van der Waals surface area (Å²) in [6.07, 6.45) is -5.08. The van der Waals surface area contributed by atoms with Crippen molar-refractivity contribution in [2.45, 2.75) is 6.18 Å². The molecule has 0 aliphatic carbocycles. The summed E-state index contributed by atoms with van der Waals surface area (Å²) >= 11 is 4.97. The van der Waals surface area contributed by atoms with E-state index < -0.39 is 12.1 Å². The van der Waals surface area contributed by atoms with Crippen molar-refractivity contribution in [1.29, 1.82) is 0 Å². The molecule has 0 saturated carbocycles. The Morgan fingerprint density at radius 3 is 1.58 bits per heavy atom. The van der Waals surface area contributed by atoms with E-state index in [-0.39, 0.29) is 20.4 Å². The Hall–Kier alpha value is -0.178. The van der Waals surface area contributed by atoms with Crippen molar-refractivity contribution in [2.24, 2.45) is 0 Å². The van der Waals surface area contributed by atoms with Crippen LogP contribution in [-0.2, 0) is 25.2 Å². The van der Waals surface area contributed by atoms with Crippen LogP contribution in [0.15, 0.2) is 11.6 Å². The molecule has 76 valence electrons. The first kappa shape index (κ1) is 17.8. The second kappa shape index (κ2) is 7.47. The summed E-state index contributed by atoms with van der Waals surface area (Å²) in [5.41, 5.74) is 0. The van der Waals surface area contributed by atoms with E-state index in [0.717, 1.165) is 0 Å². The van der Waals surface area contributed by atoms with Gasteiger partial charge in [0.2, 0.25) is 0 Å². The van der Waals surface area contributed by atoms with Gasteiger partial charge in [0.15, 0.2) is 0 Å². The third-order valence-electron chi connectivity index (χ3n) is 0.243. The summed E-state index contributed by atoms with van der Waals surface area (Å²) in [6, 6.07) is 0. The molecule has 0 aromatic heterocycles. The zero-order chi connectivity index (χ0) is 9.65. The van der Waals surface area contributed by atoms with Crippen LogP contribution in [0.5, 0.6) is 0 Å². The molecule has 12 heavy (non-hydrogen) atoms. The van der Waals surface area contributed by atoms with Gasteiger partial charge >= 0.3 is 12.1 Å². The van der Waals surface area contributed by atoms with Crippen LogP contribution >= 0.6 is 11.6 Å². The molecular weight excluding hydrogens is 291 g/mol. The predicted octanol–water partition coefficient (Wildman–Crippen LogP) is 2.20. The normalized spacial score (nSPS) is 8.67. The van der Waals surface area contributed by atoms with Crippen molar-refractivity contribution in [3.05, 3.63) is 18.5 Å². The number of carboxylic acid groups (broad SMARTS) is 1. The minimum atomic E-state index is -5.08. The first-order valence-electron chi connectivity index (χ1n) is 2.14. The summed E-state index contributed by atoms with van der Waals surface area (Å²) in [5.74, 6) is -2.76. The van der Waals surface area contributed by atoms with Gasteiger partial charge in [-0.3, -0.25) is 0 Å². The zero-order valence-corrected chi connectivity index (χ0v) is 7.91. The molecule has 0 rings (SSSR count). The SMILES string of the molecule is C=C([CH2-])Cl.O=C(O)C(F)(F)F.[Pd]. The van der Waals surface area contributed by atoms with Crippen LogP contribution in [0, 0.1) is 6.92 Å². The Balaban J connectivity index is -0.000000142. The van der Waals surface area contributed by atoms with Gasteiger partial charge in [0.1, 0.15) is 0 Å². The fourth-order valence-electron chi connectivity index (χ4n) is 0. The average Bonchev–Trinajstić information content (AvgIpc) is 1.59. The largest absolute Gasteiger partial charge is 0.490 e. The Morgan fingerprint density at radius 1 is 1.50 bits per heavy atom. The van der Waals surface area contributed by atoms with Crippen LogP contribution in [0.2, 0.25) is 0 Å². The van der Waals surface area contributed by atoms with Gasteiger partial charge in [-0.2, -0.15) is 13.2 Å². The van der Waals surface area contributed by atoms with E-state index >= 15 is 0 Å². The van der Waals surface area contributed by atoms with Crippen LogP contribution in [-0.4, -0.2) is 17.3 Å².